The Bertz CT molecular complexity index is 1040. The summed E-state index contributed by atoms with van der Waals surface area (Å²) in [5.74, 6) is 0. The Hall–Kier alpha value is -0.696. The molecule has 0 radical (unpaired) electrons. The molecule has 0 bridgehead atoms. The molecule has 2 rings (SSSR count). The van der Waals surface area contributed by atoms with Crippen LogP contribution in [0.2, 0.25) is 0 Å². The summed E-state index contributed by atoms with van der Waals surface area (Å²) in [6.07, 6.45) is 10.3. The second kappa shape index (κ2) is 15.5. The van der Waals surface area contributed by atoms with E-state index in [-0.39, 0.29) is 9.87 Å². The molecule has 0 fully saturated rings. The van der Waals surface area contributed by atoms with Gasteiger partial charge in [-0.15, -0.1) is 0 Å². The number of aliphatic imine (C=N–C) groups is 1. The summed E-state index contributed by atoms with van der Waals surface area (Å²) in [5.41, 5.74) is 12.2. The quantitative estimate of drug-likeness (QED) is 0.151. The topological polar surface area (TPSA) is 12.4 Å². The zero-order valence-electron chi connectivity index (χ0n) is 22.8. The van der Waals surface area contributed by atoms with Gasteiger partial charge in [-0.25, -0.2) is 0 Å². The molecule has 0 heterocycles. The maximum absolute atomic E-state index is 5.20. The molecule has 0 N–H and O–H groups in total. The monoisotopic (exact) mass is 646 g/mol. The van der Waals surface area contributed by atoms with Crippen molar-refractivity contribution in [3.63, 3.8) is 0 Å². The van der Waals surface area contributed by atoms with Crippen LogP contribution in [-0.2, 0) is 35.6 Å². The van der Waals surface area contributed by atoms with E-state index in [1.54, 1.807) is 0 Å². The average molecular weight is 649 g/mol. The third-order valence-electron chi connectivity index (χ3n) is 6.78. The molecule has 0 aromatic heterocycles. The molecule has 1 nitrogen and oxygen atoms in total. The van der Waals surface area contributed by atoms with Crippen molar-refractivity contribution in [2.24, 2.45) is 4.99 Å². The summed E-state index contributed by atoms with van der Waals surface area (Å²) in [6, 6.07) is 11.6. The number of allylic oxidation sites excluding steroid dienone is 1. The molecule has 0 aliphatic rings. The molecule has 2 aromatic rings. The Kier molecular flexibility index (Phi) is 13.5. The zero-order valence-corrected chi connectivity index (χ0v) is 26.9. The normalized spacial score (nSPS) is 13.2. The number of hydrogen-bond acceptors (Lipinski definition) is 1. The first kappa shape index (κ1) is 30.5. The van der Waals surface area contributed by atoms with Crippen LogP contribution in [0, 0.1) is 6.92 Å². The van der Waals surface area contributed by atoms with Gasteiger partial charge in [-0.05, 0) is 0 Å². The molecule has 0 spiro atoms. The third kappa shape index (κ3) is 8.41. The number of halogens is 2. The van der Waals surface area contributed by atoms with Crippen LogP contribution in [0.1, 0.15) is 107 Å². The first-order valence-electron chi connectivity index (χ1n) is 13.3. The van der Waals surface area contributed by atoms with E-state index < -0.39 is 0 Å². The predicted molar refractivity (Wildman–Crippen MR) is 161 cm³/mol. The Morgan fingerprint density at radius 2 is 1.49 bits per heavy atom. The first-order valence-corrected chi connectivity index (χ1v) is 18.7. The number of rotatable bonds is 13. The van der Waals surface area contributed by atoms with Gasteiger partial charge >= 0.3 is 235 Å². The molecule has 0 amide bonds. The summed E-state index contributed by atoms with van der Waals surface area (Å²) in [6.45, 7) is 15.8. The number of unbranched alkanes of at least 4 members (excludes halogenated alkanes) is 2. The van der Waals surface area contributed by atoms with E-state index in [4.69, 9.17) is 4.99 Å². The van der Waals surface area contributed by atoms with Crippen LogP contribution in [0.4, 0.5) is 5.69 Å². The van der Waals surface area contributed by atoms with Gasteiger partial charge in [-0.3, -0.25) is 0 Å². The van der Waals surface area contributed by atoms with Gasteiger partial charge in [0.1, 0.15) is 0 Å². The van der Waals surface area contributed by atoms with Gasteiger partial charge in [-0.2, -0.15) is 0 Å². The van der Waals surface area contributed by atoms with E-state index in [0.717, 1.165) is 43.5 Å². The van der Waals surface area contributed by atoms with E-state index in [0.29, 0.717) is 0 Å². The number of nitrogens with zero attached hydrogens (tertiary/aromatic N) is 1. The van der Waals surface area contributed by atoms with Crippen LogP contribution >= 0.6 is 28.5 Å². The Morgan fingerprint density at radius 1 is 0.829 bits per heavy atom. The van der Waals surface area contributed by atoms with Crippen molar-refractivity contribution in [1.82, 2.24) is 0 Å². The number of aryl methyl sites for hydroxylation is 4. The fourth-order valence-corrected chi connectivity index (χ4v) is 8.33. The van der Waals surface area contributed by atoms with Crippen LogP contribution in [0.5, 0.6) is 0 Å². The van der Waals surface area contributed by atoms with Crippen LogP contribution in [0.15, 0.2) is 40.9 Å². The van der Waals surface area contributed by atoms with E-state index in [9.17, 15) is 0 Å². The summed E-state index contributed by atoms with van der Waals surface area (Å²) in [5, 5.41) is 0. The molecule has 0 atom stereocenters. The second-order valence-corrected chi connectivity index (χ2v) is 17.2. The van der Waals surface area contributed by atoms with Crippen LogP contribution < -0.4 is 0 Å². The first-order chi connectivity index (χ1) is 16.8. The van der Waals surface area contributed by atoms with Crippen molar-refractivity contribution in [2.45, 2.75) is 106 Å². The SMILES string of the molecule is CCCCc1cc(N=C(CC)C(C)=[C](c2cc(C)c(CC)c(CCCC)c2)[Ni]([Br])[Br])ccc1CC. The Labute approximate surface area is 233 Å². The third-order valence-corrected chi connectivity index (χ3v) is 9.88. The zero-order chi connectivity index (χ0) is 26.0. The summed E-state index contributed by atoms with van der Waals surface area (Å²) >= 11 is 7.81. The van der Waals surface area contributed by atoms with Crippen LogP contribution in [0.3, 0.4) is 0 Å². The Balaban J connectivity index is 2.61. The predicted octanol–water partition coefficient (Wildman–Crippen LogP) is 11.0. The minimum atomic E-state index is -0.388. The molecular formula is C31H44Br2NNi. The van der Waals surface area contributed by atoms with Crippen molar-refractivity contribution in [1.29, 1.82) is 0 Å². The van der Waals surface area contributed by atoms with Crippen LogP contribution in [0.25, 0.3) is 4.54 Å². The molecule has 197 valence electrons. The van der Waals surface area contributed by atoms with Crippen molar-refractivity contribution in [3.8, 4) is 0 Å². The molecule has 4 heteroatoms. The maximum atomic E-state index is 5.20. The van der Waals surface area contributed by atoms with Crippen molar-refractivity contribution in [3.05, 3.63) is 69.3 Å². The molecule has 0 aliphatic carbocycles. The second-order valence-electron chi connectivity index (χ2n) is 9.28. The molecular weight excluding hydrogens is 605 g/mol. The van der Waals surface area contributed by atoms with E-state index in [2.05, 4.69) is 107 Å². The van der Waals surface area contributed by atoms with E-state index >= 15 is 0 Å². The molecule has 0 saturated heterocycles. The molecule has 2 aromatic carbocycles. The van der Waals surface area contributed by atoms with Crippen molar-refractivity contribution < 1.29 is 9.87 Å². The standard InChI is InChI=1S/C31H44N.2BrH.Ni/c1-8-13-15-27-22-29(18-17-26(27)10-3)32-31(12-5)24(7)20-25-19-23(6)30(11-4)28(21-25)16-14-9-2;;;/h17-19,21-22H,8-16H2,1-7H3;2*1H;/q;;;+2/p-2. The summed E-state index contributed by atoms with van der Waals surface area (Å²) < 4.78 is 1.32. The molecule has 0 saturated carbocycles. The average Bonchev–Trinajstić information content (AvgIpc) is 2.84. The fraction of sp³-hybridized carbons (Fsp3) is 0.516. The van der Waals surface area contributed by atoms with Gasteiger partial charge in [0.05, 0.1) is 0 Å². The Morgan fingerprint density at radius 3 is 2.03 bits per heavy atom. The van der Waals surface area contributed by atoms with Crippen molar-refractivity contribution in [2.75, 3.05) is 0 Å². The van der Waals surface area contributed by atoms with Crippen LogP contribution in [-0.4, -0.2) is 5.71 Å². The molecule has 35 heavy (non-hydrogen) atoms. The van der Waals surface area contributed by atoms with Gasteiger partial charge in [0.2, 0.25) is 0 Å². The summed E-state index contributed by atoms with van der Waals surface area (Å²) in [4.78, 5) is 5.20. The fourth-order valence-electron chi connectivity index (χ4n) is 4.81. The van der Waals surface area contributed by atoms with Gasteiger partial charge in [0, 0.05) is 0 Å². The minimum absolute atomic E-state index is 0.388. The molecule has 0 unspecified atom stereocenters. The van der Waals surface area contributed by atoms with Gasteiger partial charge in [0.15, 0.2) is 0 Å². The number of hydrogen-bond donors (Lipinski definition) is 0. The molecule has 0 aliphatic heterocycles. The van der Waals surface area contributed by atoms with Gasteiger partial charge < -0.3 is 0 Å². The van der Waals surface area contributed by atoms with E-state index in [1.807, 2.05) is 0 Å². The van der Waals surface area contributed by atoms with Gasteiger partial charge in [0.25, 0.3) is 0 Å². The van der Waals surface area contributed by atoms with E-state index in [1.165, 1.54) is 69.2 Å². The number of benzene rings is 2. The van der Waals surface area contributed by atoms with Crippen molar-refractivity contribution >= 4 is 44.4 Å². The van der Waals surface area contributed by atoms with Gasteiger partial charge in [-0.1, -0.05) is 0 Å². The summed E-state index contributed by atoms with van der Waals surface area (Å²) in [7, 11) is -0.388.